The van der Waals surface area contributed by atoms with Gasteiger partial charge < -0.3 is 62.2 Å². The van der Waals surface area contributed by atoms with Crippen molar-refractivity contribution in [2.24, 2.45) is 0 Å². The van der Waals surface area contributed by atoms with E-state index < -0.39 is 79.9 Å². The predicted molar refractivity (Wildman–Crippen MR) is 211 cm³/mol. The number of aromatic nitrogens is 1. The number of unbranched alkanes of at least 4 members (excludes halogenated alkanes) is 13. The van der Waals surface area contributed by atoms with Gasteiger partial charge in [-0.15, -0.1) is 0 Å². The Labute approximate surface area is 344 Å². The maximum atomic E-state index is 12.2. The lowest BCUT2D eigenvalue weighted by Crippen LogP contribution is -2.63. The van der Waals surface area contributed by atoms with E-state index in [1.165, 1.54) is 50.3 Å². The molecular formula is C39H63N7O13. The fraction of sp³-hybridized carbons (Fsp3) is 0.692. The molecular weight excluding hydrogens is 774 g/mol. The number of carbonyl (C=O) groups is 7. The Hall–Kier alpha value is -4.76. The van der Waals surface area contributed by atoms with Crippen LogP contribution in [0, 0.1) is 0 Å². The molecule has 20 nitrogen and oxygen atoms in total. The van der Waals surface area contributed by atoms with Gasteiger partial charge in [-0.2, -0.15) is 0 Å². The molecule has 1 saturated heterocycles. The number of rotatable bonds is 30. The molecule has 332 valence electrons. The van der Waals surface area contributed by atoms with Gasteiger partial charge in [0, 0.05) is 25.9 Å². The molecule has 1 fully saturated rings. The molecule has 1 aromatic heterocycles. The number of aliphatic hydroxyl groups excluding tert-OH is 4. The minimum Gasteiger partial charge on any atom is -0.477 e. The Kier molecular flexibility index (Phi) is 25.1. The maximum absolute atomic E-state index is 12.2. The Morgan fingerprint density at radius 2 is 0.983 bits per heavy atom. The van der Waals surface area contributed by atoms with Gasteiger partial charge in [-0.3, -0.25) is 28.8 Å². The normalized spacial score (nSPS) is 18.6. The molecule has 0 aromatic carbocycles. The Balaban J connectivity index is 1.33. The van der Waals surface area contributed by atoms with Crippen LogP contribution in [0.15, 0.2) is 18.2 Å². The summed E-state index contributed by atoms with van der Waals surface area (Å²) in [4.78, 5) is 86.9. The van der Waals surface area contributed by atoms with Crippen molar-refractivity contribution in [3.63, 3.8) is 0 Å². The molecule has 2 rings (SSSR count). The number of nitrogens with one attached hydrogen (secondary N) is 6. The highest BCUT2D eigenvalue weighted by atomic mass is 16.6. The first-order valence-electron chi connectivity index (χ1n) is 20.5. The van der Waals surface area contributed by atoms with Crippen LogP contribution < -0.4 is 31.9 Å². The van der Waals surface area contributed by atoms with Gasteiger partial charge in [-0.25, -0.2) is 9.78 Å². The van der Waals surface area contributed by atoms with E-state index in [0.29, 0.717) is 12.8 Å². The number of carbonyl (C=O) groups excluding carboxylic acids is 6. The molecule has 5 atom stereocenters. The summed E-state index contributed by atoms with van der Waals surface area (Å²) >= 11 is 0. The summed E-state index contributed by atoms with van der Waals surface area (Å²) in [6, 6.07) is 3.84. The monoisotopic (exact) mass is 837 g/mol. The SMILES string of the molecule is O=C(CCCCCCCCCCCCCCCCC(=O)N[C@@H]1O[C@H](CO)[C@@H](O)[C@H](O)[C@H]1O)NCCNC(=O)CNC(=O)CNC(=O)CNC(=O)c1cccc(C(=O)O)n1. The zero-order chi connectivity index (χ0) is 43.4. The predicted octanol–water partition coefficient (Wildman–Crippen LogP) is -0.868. The standard InChI is InChI=1S/C39H63N7O13/c47-25-28-34(53)35(54)36(55)38(59-28)46-30(49)19-14-12-10-8-6-4-2-1-3-5-7-9-11-13-18-29(48)40-20-21-41-31(50)22-42-32(51)23-43-33(52)24-44-37(56)26-16-15-17-27(45-26)39(57)58/h15-17,28,34-36,38,47,53-55H,1-14,18-25H2,(H,40,48)(H,41,50)(H,42,51)(H,43,52)(H,44,56)(H,46,49)(H,57,58)/t28-,34-,35+,36-,38-/m1/s1. The number of carboxylic acid groups (broad SMARTS) is 1. The highest BCUT2D eigenvalue weighted by Gasteiger charge is 2.43. The maximum Gasteiger partial charge on any atom is 0.354 e. The summed E-state index contributed by atoms with van der Waals surface area (Å²) in [7, 11) is 0. The number of hydrogen-bond donors (Lipinski definition) is 11. The van der Waals surface area contributed by atoms with Crippen molar-refractivity contribution in [1.29, 1.82) is 0 Å². The Morgan fingerprint density at radius 1 is 0.542 bits per heavy atom. The topological polar surface area (TPSA) is 315 Å². The van der Waals surface area contributed by atoms with E-state index in [2.05, 4.69) is 36.9 Å². The van der Waals surface area contributed by atoms with Crippen LogP contribution in [0.25, 0.3) is 0 Å². The smallest absolute Gasteiger partial charge is 0.354 e. The van der Waals surface area contributed by atoms with E-state index in [9.17, 15) is 54.0 Å². The molecule has 20 heteroatoms. The summed E-state index contributed by atoms with van der Waals surface area (Å²) in [6.07, 6.45) is 8.69. The number of amides is 6. The van der Waals surface area contributed by atoms with Crippen LogP contribution in [0.3, 0.4) is 0 Å². The lowest BCUT2D eigenvalue weighted by Gasteiger charge is -2.40. The second-order valence-corrected chi connectivity index (χ2v) is 14.4. The van der Waals surface area contributed by atoms with Crippen LogP contribution in [0.4, 0.5) is 0 Å². The molecule has 0 bridgehead atoms. The summed E-state index contributed by atoms with van der Waals surface area (Å²) < 4.78 is 5.30. The fourth-order valence-electron chi connectivity index (χ4n) is 6.11. The van der Waals surface area contributed by atoms with E-state index in [0.717, 1.165) is 51.4 Å². The molecule has 2 heterocycles. The zero-order valence-corrected chi connectivity index (χ0v) is 33.6. The van der Waals surface area contributed by atoms with Crippen molar-refractivity contribution in [3.05, 3.63) is 29.6 Å². The van der Waals surface area contributed by atoms with Crippen molar-refractivity contribution in [2.75, 3.05) is 39.3 Å². The minimum atomic E-state index is -1.52. The molecule has 1 aliphatic rings. The second kappa shape index (κ2) is 29.4. The highest BCUT2D eigenvalue weighted by Crippen LogP contribution is 2.20. The third-order valence-corrected chi connectivity index (χ3v) is 9.53. The number of carboxylic acids is 1. The first-order chi connectivity index (χ1) is 28.3. The zero-order valence-electron chi connectivity index (χ0n) is 33.6. The largest absolute Gasteiger partial charge is 0.477 e. The van der Waals surface area contributed by atoms with Crippen LogP contribution in [-0.2, 0) is 28.7 Å². The van der Waals surface area contributed by atoms with E-state index in [1.807, 2.05) is 0 Å². The quantitative estimate of drug-likeness (QED) is 0.0420. The van der Waals surface area contributed by atoms with E-state index >= 15 is 0 Å². The van der Waals surface area contributed by atoms with E-state index in [-0.39, 0.29) is 49.3 Å². The van der Waals surface area contributed by atoms with Crippen molar-refractivity contribution < 1.29 is 63.8 Å². The van der Waals surface area contributed by atoms with Crippen LogP contribution in [0.1, 0.15) is 124 Å². The van der Waals surface area contributed by atoms with Gasteiger partial charge >= 0.3 is 5.97 Å². The molecule has 59 heavy (non-hydrogen) atoms. The lowest BCUT2D eigenvalue weighted by molar-refractivity contribution is -0.236. The van der Waals surface area contributed by atoms with Crippen molar-refractivity contribution in [2.45, 2.75) is 133 Å². The molecule has 0 radical (unpaired) electrons. The number of pyridine rings is 1. The van der Waals surface area contributed by atoms with Gasteiger partial charge in [0.1, 0.15) is 35.8 Å². The first-order valence-corrected chi connectivity index (χ1v) is 20.5. The first kappa shape index (κ1) is 50.4. The van der Waals surface area contributed by atoms with Crippen LogP contribution in [0.2, 0.25) is 0 Å². The van der Waals surface area contributed by atoms with Gasteiger partial charge in [0.05, 0.1) is 26.2 Å². The summed E-state index contributed by atoms with van der Waals surface area (Å²) in [6.45, 7) is -1.38. The summed E-state index contributed by atoms with van der Waals surface area (Å²) in [5, 5.41) is 62.6. The average molecular weight is 838 g/mol. The second-order valence-electron chi connectivity index (χ2n) is 14.4. The number of nitrogens with zero attached hydrogens (tertiary/aromatic N) is 1. The molecule has 6 amide bonds. The number of aromatic carboxylic acids is 1. The molecule has 1 aromatic rings. The number of hydrogen-bond acceptors (Lipinski definition) is 13. The van der Waals surface area contributed by atoms with Gasteiger partial charge in [0.2, 0.25) is 29.5 Å². The molecule has 0 aliphatic carbocycles. The summed E-state index contributed by atoms with van der Waals surface area (Å²) in [5.41, 5.74) is -0.514. The third-order valence-electron chi connectivity index (χ3n) is 9.53. The number of aliphatic hydroxyl groups is 4. The third kappa shape index (κ3) is 21.7. The van der Waals surface area contributed by atoms with Crippen LogP contribution in [-0.4, -0.2) is 142 Å². The Bertz CT molecular complexity index is 1480. The van der Waals surface area contributed by atoms with E-state index in [4.69, 9.17) is 9.84 Å². The lowest BCUT2D eigenvalue weighted by atomic mass is 9.98. The van der Waals surface area contributed by atoms with Crippen molar-refractivity contribution >= 4 is 41.4 Å². The number of ether oxygens (including phenoxy) is 1. The van der Waals surface area contributed by atoms with Gasteiger partial charge in [-0.05, 0) is 25.0 Å². The minimum absolute atomic E-state index is 0.0955. The molecule has 1 aliphatic heterocycles. The Morgan fingerprint density at radius 3 is 1.49 bits per heavy atom. The fourth-order valence-corrected chi connectivity index (χ4v) is 6.11. The van der Waals surface area contributed by atoms with Gasteiger partial charge in [-0.1, -0.05) is 83.1 Å². The van der Waals surface area contributed by atoms with Crippen LogP contribution in [0.5, 0.6) is 0 Å². The molecule has 0 spiro atoms. The molecule has 11 N–H and O–H groups in total. The average Bonchev–Trinajstić information content (AvgIpc) is 3.22. The van der Waals surface area contributed by atoms with Gasteiger partial charge in [0.15, 0.2) is 6.23 Å². The highest BCUT2D eigenvalue weighted by molar-refractivity contribution is 5.96. The molecule has 0 saturated carbocycles. The van der Waals surface area contributed by atoms with Gasteiger partial charge in [0.25, 0.3) is 5.91 Å². The van der Waals surface area contributed by atoms with Crippen LogP contribution >= 0.6 is 0 Å². The van der Waals surface area contributed by atoms with E-state index in [1.54, 1.807) is 0 Å². The molecule has 0 unspecified atom stereocenters. The van der Waals surface area contributed by atoms with Crippen molar-refractivity contribution in [3.8, 4) is 0 Å². The van der Waals surface area contributed by atoms with Crippen molar-refractivity contribution in [1.82, 2.24) is 36.9 Å². The summed E-state index contributed by atoms with van der Waals surface area (Å²) in [5.74, 6) is -4.29.